The van der Waals surface area contributed by atoms with E-state index in [0.29, 0.717) is 6.42 Å². The van der Waals surface area contributed by atoms with Crippen LogP contribution in [0.25, 0.3) is 0 Å². The summed E-state index contributed by atoms with van der Waals surface area (Å²) < 4.78 is 5.70. The molecule has 4 amide bonds. The lowest BCUT2D eigenvalue weighted by atomic mass is 9.88. The normalized spacial score (nSPS) is 38.3. The highest BCUT2D eigenvalue weighted by Crippen LogP contribution is 2.38. The van der Waals surface area contributed by atoms with Gasteiger partial charge in [0.1, 0.15) is 5.92 Å². The van der Waals surface area contributed by atoms with Gasteiger partial charge >= 0.3 is 6.03 Å². The van der Waals surface area contributed by atoms with Crippen molar-refractivity contribution in [3.05, 3.63) is 0 Å². The molecular formula is C13H18N2O4. The third kappa shape index (κ3) is 1.85. The van der Waals surface area contributed by atoms with Crippen molar-refractivity contribution in [1.29, 1.82) is 0 Å². The largest absolute Gasteiger partial charge is 0.373 e. The van der Waals surface area contributed by atoms with E-state index in [-0.39, 0.29) is 30.1 Å². The summed E-state index contributed by atoms with van der Waals surface area (Å²) in [5.41, 5.74) is 0. The molecular weight excluding hydrogens is 248 g/mol. The molecule has 104 valence electrons. The third-order valence-corrected chi connectivity index (χ3v) is 4.31. The van der Waals surface area contributed by atoms with Gasteiger partial charge in [-0.15, -0.1) is 0 Å². The molecule has 0 aliphatic carbocycles. The first kappa shape index (κ1) is 12.6. The van der Waals surface area contributed by atoms with E-state index in [1.807, 2.05) is 13.8 Å². The van der Waals surface area contributed by atoms with Crippen LogP contribution in [-0.2, 0) is 14.3 Å². The molecule has 0 radical (unpaired) electrons. The van der Waals surface area contributed by atoms with Gasteiger partial charge in [-0.1, -0.05) is 13.8 Å². The number of barbiturate groups is 1. The van der Waals surface area contributed by atoms with Crippen molar-refractivity contribution in [2.45, 2.75) is 51.4 Å². The highest BCUT2D eigenvalue weighted by Gasteiger charge is 2.51. The number of fused-ring (bicyclic) bond motifs is 2. The zero-order chi connectivity index (χ0) is 13.7. The molecule has 0 spiro atoms. The molecule has 4 unspecified atom stereocenters. The van der Waals surface area contributed by atoms with Crippen LogP contribution < -0.4 is 5.32 Å². The van der Waals surface area contributed by atoms with Gasteiger partial charge in [-0.05, 0) is 25.2 Å². The zero-order valence-electron chi connectivity index (χ0n) is 11.1. The van der Waals surface area contributed by atoms with Crippen LogP contribution in [0.1, 0.15) is 33.1 Å². The van der Waals surface area contributed by atoms with E-state index in [9.17, 15) is 14.4 Å². The third-order valence-electron chi connectivity index (χ3n) is 4.31. The first-order chi connectivity index (χ1) is 8.99. The van der Waals surface area contributed by atoms with Gasteiger partial charge < -0.3 is 4.74 Å². The average Bonchev–Trinajstić information content (AvgIpc) is 2.89. The van der Waals surface area contributed by atoms with Crippen molar-refractivity contribution in [2.75, 3.05) is 0 Å². The molecule has 3 fully saturated rings. The molecule has 0 aromatic carbocycles. The first-order valence-corrected chi connectivity index (χ1v) is 6.82. The Morgan fingerprint density at radius 1 is 1.26 bits per heavy atom. The fourth-order valence-electron chi connectivity index (χ4n) is 3.39. The molecule has 0 aromatic rings. The highest BCUT2D eigenvalue weighted by atomic mass is 16.5. The summed E-state index contributed by atoms with van der Waals surface area (Å²) in [6, 6.07) is -0.798. The topological polar surface area (TPSA) is 75.7 Å². The van der Waals surface area contributed by atoms with Gasteiger partial charge in [-0.2, -0.15) is 0 Å². The smallest absolute Gasteiger partial charge is 0.331 e. The fraction of sp³-hybridized carbons (Fsp3) is 0.769. The van der Waals surface area contributed by atoms with Crippen molar-refractivity contribution in [3.63, 3.8) is 0 Å². The maximum atomic E-state index is 12.4. The van der Waals surface area contributed by atoms with E-state index in [1.165, 1.54) is 4.90 Å². The monoisotopic (exact) mass is 266 g/mol. The summed E-state index contributed by atoms with van der Waals surface area (Å²) in [5, 5.41) is 2.30. The Kier molecular flexibility index (Phi) is 2.85. The number of rotatable bonds is 2. The van der Waals surface area contributed by atoms with Crippen LogP contribution in [-0.4, -0.2) is 41.0 Å². The van der Waals surface area contributed by atoms with Crippen LogP contribution in [0.3, 0.4) is 0 Å². The molecule has 3 rings (SSSR count). The van der Waals surface area contributed by atoms with E-state index in [1.54, 1.807) is 0 Å². The summed E-state index contributed by atoms with van der Waals surface area (Å²) >= 11 is 0. The lowest BCUT2D eigenvalue weighted by Gasteiger charge is -2.37. The van der Waals surface area contributed by atoms with Gasteiger partial charge in [0.15, 0.2) is 0 Å². The van der Waals surface area contributed by atoms with Crippen molar-refractivity contribution in [2.24, 2.45) is 11.8 Å². The number of carbonyl (C=O) groups is 3. The minimum atomic E-state index is -0.767. The summed E-state index contributed by atoms with van der Waals surface area (Å²) in [7, 11) is 0. The number of carbonyl (C=O) groups excluding carboxylic acids is 3. The van der Waals surface area contributed by atoms with Gasteiger partial charge in [0.25, 0.3) is 0 Å². The standard InChI is InChI=1S/C13H18N2O4/c1-6(2)10-11(16)14-13(18)15(12(10)17)8-5-7-3-4-9(8)19-7/h6-10H,3-5H2,1-2H3,(H,14,16,18). The molecule has 3 aliphatic rings. The molecule has 6 nitrogen and oxygen atoms in total. The lowest BCUT2D eigenvalue weighted by Crippen LogP contribution is -2.63. The number of nitrogens with one attached hydrogen (secondary N) is 1. The fourth-order valence-corrected chi connectivity index (χ4v) is 3.39. The average molecular weight is 266 g/mol. The van der Waals surface area contributed by atoms with Crippen molar-refractivity contribution < 1.29 is 19.1 Å². The molecule has 4 atom stereocenters. The molecule has 6 heteroatoms. The molecule has 1 N–H and O–H groups in total. The van der Waals surface area contributed by atoms with Crippen LogP contribution in [0.15, 0.2) is 0 Å². The molecule has 0 saturated carbocycles. The predicted molar refractivity (Wildman–Crippen MR) is 65.0 cm³/mol. The van der Waals surface area contributed by atoms with E-state index < -0.39 is 17.9 Å². The van der Waals surface area contributed by atoms with E-state index in [4.69, 9.17) is 4.74 Å². The summed E-state index contributed by atoms with van der Waals surface area (Å²) in [4.78, 5) is 37.4. The number of nitrogens with zero attached hydrogens (tertiary/aromatic N) is 1. The van der Waals surface area contributed by atoms with Gasteiger partial charge in [-0.3, -0.25) is 19.8 Å². The van der Waals surface area contributed by atoms with Gasteiger partial charge in [-0.25, -0.2) is 4.79 Å². The Morgan fingerprint density at radius 3 is 2.53 bits per heavy atom. The molecule has 3 saturated heterocycles. The Labute approximate surface area is 111 Å². The minimum Gasteiger partial charge on any atom is -0.373 e. The van der Waals surface area contributed by atoms with E-state index in [0.717, 1.165) is 12.8 Å². The maximum Gasteiger partial charge on any atom is 0.331 e. The van der Waals surface area contributed by atoms with Crippen LogP contribution in [0.2, 0.25) is 0 Å². The summed E-state index contributed by atoms with van der Waals surface area (Å²) in [6.45, 7) is 3.63. The van der Waals surface area contributed by atoms with Gasteiger partial charge in [0.2, 0.25) is 11.8 Å². The Bertz CT molecular complexity index is 448. The number of amides is 4. The van der Waals surface area contributed by atoms with Crippen molar-refractivity contribution in [1.82, 2.24) is 10.2 Å². The Balaban J connectivity index is 1.85. The van der Waals surface area contributed by atoms with Crippen molar-refractivity contribution in [3.8, 4) is 0 Å². The van der Waals surface area contributed by atoms with Crippen LogP contribution in [0.5, 0.6) is 0 Å². The number of imide groups is 2. The number of hydrogen-bond acceptors (Lipinski definition) is 4. The van der Waals surface area contributed by atoms with Gasteiger partial charge in [0, 0.05) is 0 Å². The van der Waals surface area contributed by atoms with Crippen LogP contribution in [0, 0.1) is 11.8 Å². The Hall–Kier alpha value is -1.43. The van der Waals surface area contributed by atoms with Crippen LogP contribution >= 0.6 is 0 Å². The second-order valence-corrected chi connectivity index (χ2v) is 5.90. The first-order valence-electron chi connectivity index (χ1n) is 6.82. The minimum absolute atomic E-state index is 0.0549. The molecule has 19 heavy (non-hydrogen) atoms. The number of ether oxygens (including phenoxy) is 1. The summed E-state index contributed by atoms with van der Waals surface area (Å²) in [6.07, 6.45) is 2.68. The summed E-state index contributed by atoms with van der Waals surface area (Å²) in [5.74, 6) is -1.74. The number of hydrogen-bond donors (Lipinski definition) is 1. The molecule has 3 heterocycles. The highest BCUT2D eigenvalue weighted by molar-refractivity contribution is 6.16. The maximum absolute atomic E-state index is 12.4. The molecule has 2 bridgehead atoms. The SMILES string of the molecule is CC(C)C1C(=O)NC(=O)N(C2CC3CCC2O3)C1=O. The molecule has 0 aromatic heterocycles. The quantitative estimate of drug-likeness (QED) is 0.745. The van der Waals surface area contributed by atoms with Crippen LogP contribution in [0.4, 0.5) is 4.79 Å². The van der Waals surface area contributed by atoms with Gasteiger partial charge in [0.05, 0.1) is 18.2 Å². The zero-order valence-corrected chi connectivity index (χ0v) is 11.1. The number of urea groups is 1. The Morgan fingerprint density at radius 2 is 2.00 bits per heavy atom. The van der Waals surface area contributed by atoms with E-state index in [2.05, 4.69) is 5.32 Å². The predicted octanol–water partition coefficient (Wildman–Crippen LogP) is 0.657. The second-order valence-electron chi connectivity index (χ2n) is 5.90. The molecule has 3 aliphatic heterocycles. The van der Waals surface area contributed by atoms with E-state index >= 15 is 0 Å². The lowest BCUT2D eigenvalue weighted by molar-refractivity contribution is -0.146. The second kappa shape index (κ2) is 4.30. The van der Waals surface area contributed by atoms with Crippen molar-refractivity contribution >= 4 is 17.8 Å².